The number of nitrogens with zero attached hydrogens (tertiary/aromatic N) is 4. The van der Waals surface area contributed by atoms with E-state index in [-0.39, 0.29) is 12.5 Å². The van der Waals surface area contributed by atoms with Gasteiger partial charge in [0.05, 0.1) is 37.6 Å². The molecule has 3 heterocycles. The Morgan fingerprint density at radius 1 is 1.17 bits per heavy atom. The number of furan rings is 1. The number of hydrogen-bond acceptors (Lipinski definition) is 8. The number of pyridine rings is 1. The van der Waals surface area contributed by atoms with Gasteiger partial charge in [-0.2, -0.15) is 5.10 Å². The molecule has 35 heavy (non-hydrogen) atoms. The minimum atomic E-state index is -0.180. The molecular formula is C26H26N4O4S. The fourth-order valence-electron chi connectivity index (χ4n) is 3.18. The van der Waals surface area contributed by atoms with Crippen molar-refractivity contribution in [1.29, 1.82) is 0 Å². The zero-order valence-corrected chi connectivity index (χ0v) is 20.6. The van der Waals surface area contributed by atoms with Gasteiger partial charge in [0, 0.05) is 18.0 Å². The highest BCUT2D eigenvalue weighted by Gasteiger charge is 2.34. The standard InChI is InChI=1S/C26H26N4O4S/c1-18(2)17-34-22-9-8-19(12-23(22)32-3)13-24-25(31)30(16-21-7-5-11-33-21)26(35-24)29-28-15-20-6-4-10-27-14-20/h4-15,18H,16-17H2,1-3H3/b24-13-,28-15+,29-26-. The number of rotatable bonds is 9. The van der Waals surface area contributed by atoms with Crippen molar-refractivity contribution in [2.45, 2.75) is 20.4 Å². The van der Waals surface area contributed by atoms with Gasteiger partial charge in [-0.15, -0.1) is 5.10 Å². The molecule has 2 aromatic heterocycles. The third kappa shape index (κ3) is 6.39. The summed E-state index contributed by atoms with van der Waals surface area (Å²) in [6, 6.07) is 12.9. The smallest absolute Gasteiger partial charge is 0.267 e. The first-order chi connectivity index (χ1) is 17.0. The molecule has 1 fully saturated rings. The molecule has 1 aromatic carbocycles. The van der Waals surface area contributed by atoms with E-state index in [1.54, 1.807) is 42.9 Å². The Bertz CT molecular complexity index is 1240. The van der Waals surface area contributed by atoms with Crippen molar-refractivity contribution in [2.24, 2.45) is 16.1 Å². The summed E-state index contributed by atoms with van der Waals surface area (Å²) in [6.45, 7) is 5.01. The molecule has 1 aliphatic rings. The molecule has 180 valence electrons. The molecule has 8 nitrogen and oxygen atoms in total. The van der Waals surface area contributed by atoms with Crippen LogP contribution >= 0.6 is 11.8 Å². The van der Waals surface area contributed by atoms with Gasteiger partial charge in [0.1, 0.15) is 5.76 Å². The molecule has 0 spiro atoms. The van der Waals surface area contributed by atoms with Crippen LogP contribution in [0.1, 0.15) is 30.7 Å². The van der Waals surface area contributed by atoms with Crippen molar-refractivity contribution in [2.75, 3.05) is 13.7 Å². The number of amidine groups is 1. The Balaban J connectivity index is 1.59. The number of methoxy groups -OCH3 is 1. The van der Waals surface area contributed by atoms with E-state index in [1.807, 2.05) is 42.5 Å². The molecule has 1 aliphatic heterocycles. The lowest BCUT2D eigenvalue weighted by atomic mass is 10.1. The topological polar surface area (TPSA) is 89.5 Å². The Hall–Kier alpha value is -3.85. The summed E-state index contributed by atoms with van der Waals surface area (Å²) in [5.41, 5.74) is 1.62. The number of carbonyl (C=O) groups excluding carboxylic acids is 1. The zero-order valence-electron chi connectivity index (χ0n) is 19.7. The van der Waals surface area contributed by atoms with E-state index in [0.717, 1.165) is 11.1 Å². The first-order valence-electron chi connectivity index (χ1n) is 11.1. The number of hydrogen-bond donors (Lipinski definition) is 0. The molecule has 0 N–H and O–H groups in total. The van der Waals surface area contributed by atoms with E-state index in [2.05, 4.69) is 29.0 Å². The maximum absolute atomic E-state index is 13.3. The molecule has 0 unspecified atom stereocenters. The quantitative estimate of drug-likeness (QED) is 0.232. The molecule has 4 rings (SSSR count). The van der Waals surface area contributed by atoms with E-state index in [1.165, 1.54) is 11.8 Å². The monoisotopic (exact) mass is 490 g/mol. The molecule has 0 bridgehead atoms. The van der Waals surface area contributed by atoms with Crippen LogP contribution in [-0.2, 0) is 11.3 Å². The van der Waals surface area contributed by atoms with E-state index >= 15 is 0 Å². The fourth-order valence-corrected chi connectivity index (χ4v) is 4.11. The highest BCUT2D eigenvalue weighted by Crippen LogP contribution is 2.35. The molecule has 1 amide bonds. The van der Waals surface area contributed by atoms with Crippen LogP contribution in [0.15, 0.2) is 80.6 Å². The minimum absolute atomic E-state index is 0.180. The summed E-state index contributed by atoms with van der Waals surface area (Å²) in [5.74, 6) is 2.14. The van der Waals surface area contributed by atoms with E-state index in [4.69, 9.17) is 13.9 Å². The molecule has 3 aromatic rings. The average Bonchev–Trinajstić information content (AvgIpc) is 3.48. The SMILES string of the molecule is COc1cc(/C=C2\S/C(=N\N=C\c3cccnc3)N(Cc3ccco3)C2=O)ccc1OCC(C)C. The van der Waals surface area contributed by atoms with Crippen LogP contribution < -0.4 is 9.47 Å². The van der Waals surface area contributed by atoms with Crippen molar-refractivity contribution in [3.63, 3.8) is 0 Å². The molecular weight excluding hydrogens is 464 g/mol. The van der Waals surface area contributed by atoms with Gasteiger partial charge in [0.2, 0.25) is 0 Å². The van der Waals surface area contributed by atoms with Crippen LogP contribution in [0.3, 0.4) is 0 Å². The largest absolute Gasteiger partial charge is 0.493 e. The summed E-state index contributed by atoms with van der Waals surface area (Å²) in [4.78, 5) is 19.4. The minimum Gasteiger partial charge on any atom is -0.493 e. The first-order valence-corrected chi connectivity index (χ1v) is 11.9. The summed E-state index contributed by atoms with van der Waals surface area (Å²) < 4.78 is 16.8. The highest BCUT2D eigenvalue weighted by atomic mass is 32.2. The molecule has 1 saturated heterocycles. The molecule has 0 radical (unpaired) electrons. The van der Waals surface area contributed by atoms with Crippen LogP contribution in [0.4, 0.5) is 0 Å². The predicted molar refractivity (Wildman–Crippen MR) is 137 cm³/mol. The summed E-state index contributed by atoms with van der Waals surface area (Å²) >= 11 is 1.25. The van der Waals surface area contributed by atoms with Gasteiger partial charge >= 0.3 is 0 Å². The van der Waals surface area contributed by atoms with Crippen molar-refractivity contribution in [3.05, 3.63) is 82.9 Å². The second-order valence-electron chi connectivity index (χ2n) is 8.11. The number of thioether (sulfide) groups is 1. The fraction of sp³-hybridized carbons (Fsp3) is 0.231. The third-order valence-corrected chi connectivity index (χ3v) is 5.87. The maximum atomic E-state index is 13.3. The third-order valence-electron chi connectivity index (χ3n) is 4.87. The van der Waals surface area contributed by atoms with Gasteiger partial charge in [-0.3, -0.25) is 14.7 Å². The molecule has 0 atom stereocenters. The molecule has 0 aliphatic carbocycles. The van der Waals surface area contributed by atoms with Gasteiger partial charge in [-0.05, 0) is 59.7 Å². The summed E-state index contributed by atoms with van der Waals surface area (Å²) in [5, 5.41) is 8.94. The number of carbonyl (C=O) groups is 1. The van der Waals surface area contributed by atoms with Crippen molar-refractivity contribution >= 4 is 35.1 Å². The van der Waals surface area contributed by atoms with Gasteiger partial charge in [-0.25, -0.2) is 0 Å². The van der Waals surface area contributed by atoms with E-state index < -0.39 is 0 Å². The van der Waals surface area contributed by atoms with Crippen LogP contribution in [0, 0.1) is 5.92 Å². The van der Waals surface area contributed by atoms with Gasteiger partial charge in [0.25, 0.3) is 5.91 Å². The van der Waals surface area contributed by atoms with Gasteiger partial charge in [0.15, 0.2) is 16.7 Å². The Morgan fingerprint density at radius 3 is 2.77 bits per heavy atom. The summed E-state index contributed by atoms with van der Waals surface area (Å²) in [7, 11) is 1.60. The number of ether oxygens (including phenoxy) is 2. The Labute approximate surface area is 208 Å². The predicted octanol–water partition coefficient (Wildman–Crippen LogP) is 5.22. The maximum Gasteiger partial charge on any atom is 0.267 e. The Morgan fingerprint density at radius 2 is 2.06 bits per heavy atom. The van der Waals surface area contributed by atoms with Crippen molar-refractivity contribution in [3.8, 4) is 11.5 Å². The lowest BCUT2D eigenvalue weighted by Crippen LogP contribution is -2.28. The molecule has 9 heteroatoms. The second-order valence-corrected chi connectivity index (χ2v) is 9.12. The number of aromatic nitrogens is 1. The van der Waals surface area contributed by atoms with E-state index in [0.29, 0.717) is 39.9 Å². The van der Waals surface area contributed by atoms with Crippen molar-refractivity contribution < 1.29 is 18.7 Å². The normalized spacial score (nSPS) is 16.2. The number of benzene rings is 1. The Kier molecular flexibility index (Phi) is 7.99. The zero-order chi connectivity index (χ0) is 24.6. The lowest BCUT2D eigenvalue weighted by molar-refractivity contribution is -0.122. The first kappa shape index (κ1) is 24.3. The summed E-state index contributed by atoms with van der Waals surface area (Å²) in [6.07, 6.45) is 8.36. The van der Waals surface area contributed by atoms with Crippen LogP contribution in [0.5, 0.6) is 11.5 Å². The average molecular weight is 491 g/mol. The van der Waals surface area contributed by atoms with Crippen LogP contribution in [-0.4, -0.2) is 40.9 Å². The van der Waals surface area contributed by atoms with Gasteiger partial charge < -0.3 is 13.9 Å². The second kappa shape index (κ2) is 11.5. The number of amides is 1. The van der Waals surface area contributed by atoms with E-state index in [9.17, 15) is 4.79 Å². The van der Waals surface area contributed by atoms with Gasteiger partial charge in [-0.1, -0.05) is 26.0 Å². The molecule has 0 saturated carbocycles. The van der Waals surface area contributed by atoms with Crippen LogP contribution in [0.2, 0.25) is 0 Å². The lowest BCUT2D eigenvalue weighted by Gasteiger charge is -2.13. The van der Waals surface area contributed by atoms with Crippen molar-refractivity contribution in [1.82, 2.24) is 9.88 Å². The van der Waals surface area contributed by atoms with Crippen LogP contribution in [0.25, 0.3) is 6.08 Å². The highest BCUT2D eigenvalue weighted by molar-refractivity contribution is 8.18.